The van der Waals surface area contributed by atoms with Gasteiger partial charge in [0, 0.05) is 21.2 Å². The molecule has 0 N–H and O–H groups in total. The third-order valence-corrected chi connectivity index (χ3v) is 5.30. The minimum absolute atomic E-state index is 0.191. The Morgan fingerprint density at radius 1 is 0.933 bits per heavy atom. The SMILES string of the molecule is Cn1oc(=O)n(-c2cccc(-c3ccccc3OCc3c(Cl)cccc3Cl)c2)c1=O. The van der Waals surface area contributed by atoms with E-state index in [2.05, 4.69) is 0 Å². The Kier molecular flexibility index (Phi) is 5.53. The molecular formula is C22H16Cl2N2O4. The largest absolute Gasteiger partial charge is 0.488 e. The average Bonchev–Trinajstić information content (AvgIpc) is 2.99. The van der Waals surface area contributed by atoms with Crippen LogP contribution in [0.2, 0.25) is 10.0 Å². The molecule has 0 saturated carbocycles. The van der Waals surface area contributed by atoms with Gasteiger partial charge in [0.25, 0.3) is 0 Å². The fraction of sp³-hybridized carbons (Fsp3) is 0.0909. The molecule has 0 radical (unpaired) electrons. The second kappa shape index (κ2) is 8.26. The highest BCUT2D eigenvalue weighted by molar-refractivity contribution is 6.35. The van der Waals surface area contributed by atoms with Gasteiger partial charge < -0.3 is 9.26 Å². The summed E-state index contributed by atoms with van der Waals surface area (Å²) < 4.78 is 12.7. The Balaban J connectivity index is 1.71. The summed E-state index contributed by atoms with van der Waals surface area (Å²) in [7, 11) is 1.38. The molecule has 0 amide bonds. The van der Waals surface area contributed by atoms with Crippen molar-refractivity contribution in [3.63, 3.8) is 0 Å². The summed E-state index contributed by atoms with van der Waals surface area (Å²) in [6.45, 7) is 0.191. The maximum Gasteiger partial charge on any atom is 0.447 e. The van der Waals surface area contributed by atoms with E-state index in [-0.39, 0.29) is 6.61 Å². The number of rotatable bonds is 5. The van der Waals surface area contributed by atoms with Gasteiger partial charge in [-0.15, -0.1) is 0 Å². The minimum atomic E-state index is -0.752. The molecule has 0 saturated heterocycles. The molecule has 1 aromatic heterocycles. The zero-order valence-corrected chi connectivity index (χ0v) is 17.4. The van der Waals surface area contributed by atoms with Crippen molar-refractivity contribution < 1.29 is 9.26 Å². The van der Waals surface area contributed by atoms with Crippen LogP contribution in [0.25, 0.3) is 16.8 Å². The predicted octanol–water partition coefficient (Wildman–Crippen LogP) is 4.68. The normalized spacial score (nSPS) is 10.9. The van der Waals surface area contributed by atoms with Crippen LogP contribution in [-0.2, 0) is 13.7 Å². The molecule has 30 heavy (non-hydrogen) atoms. The Morgan fingerprint density at radius 2 is 1.63 bits per heavy atom. The number of para-hydroxylation sites is 1. The number of aromatic nitrogens is 2. The van der Waals surface area contributed by atoms with Gasteiger partial charge in [0.2, 0.25) is 0 Å². The van der Waals surface area contributed by atoms with Gasteiger partial charge in [-0.1, -0.05) is 59.6 Å². The van der Waals surface area contributed by atoms with Crippen LogP contribution in [0.3, 0.4) is 0 Å². The topological polar surface area (TPSA) is 66.4 Å². The molecule has 1 heterocycles. The lowest BCUT2D eigenvalue weighted by molar-refractivity contribution is 0.276. The predicted molar refractivity (Wildman–Crippen MR) is 116 cm³/mol. The zero-order chi connectivity index (χ0) is 21.3. The fourth-order valence-corrected chi connectivity index (χ4v) is 3.60. The van der Waals surface area contributed by atoms with E-state index in [9.17, 15) is 9.59 Å². The van der Waals surface area contributed by atoms with Crippen LogP contribution >= 0.6 is 23.2 Å². The highest BCUT2D eigenvalue weighted by Gasteiger charge is 2.14. The van der Waals surface area contributed by atoms with Crippen LogP contribution in [0.4, 0.5) is 0 Å². The second-order valence-corrected chi connectivity index (χ2v) is 7.32. The second-order valence-electron chi connectivity index (χ2n) is 6.51. The van der Waals surface area contributed by atoms with E-state index >= 15 is 0 Å². The molecule has 152 valence electrons. The van der Waals surface area contributed by atoms with Crippen LogP contribution < -0.4 is 16.2 Å². The first kappa shape index (κ1) is 20.1. The zero-order valence-electron chi connectivity index (χ0n) is 15.8. The van der Waals surface area contributed by atoms with Crippen molar-refractivity contribution in [2.24, 2.45) is 7.05 Å². The first-order valence-electron chi connectivity index (χ1n) is 9.00. The quantitative estimate of drug-likeness (QED) is 0.449. The number of aryl methyl sites for hydroxylation is 1. The summed E-state index contributed by atoms with van der Waals surface area (Å²) >= 11 is 12.5. The molecule has 4 aromatic rings. The minimum Gasteiger partial charge on any atom is -0.488 e. The smallest absolute Gasteiger partial charge is 0.447 e. The van der Waals surface area contributed by atoms with Crippen molar-refractivity contribution in [1.29, 1.82) is 0 Å². The summed E-state index contributed by atoms with van der Waals surface area (Å²) in [5, 5.41) is 1.05. The third kappa shape index (κ3) is 3.79. The van der Waals surface area contributed by atoms with Gasteiger partial charge in [-0.25, -0.2) is 9.59 Å². The number of benzene rings is 3. The van der Waals surface area contributed by atoms with E-state index in [1.54, 1.807) is 36.4 Å². The Hall–Kier alpha value is -3.22. The monoisotopic (exact) mass is 442 g/mol. The van der Waals surface area contributed by atoms with Gasteiger partial charge in [-0.05, 0) is 35.9 Å². The van der Waals surface area contributed by atoms with Gasteiger partial charge in [0.15, 0.2) is 0 Å². The van der Waals surface area contributed by atoms with Crippen LogP contribution in [0.15, 0.2) is 80.8 Å². The van der Waals surface area contributed by atoms with E-state index in [0.29, 0.717) is 27.0 Å². The van der Waals surface area contributed by atoms with Crippen LogP contribution in [0.5, 0.6) is 5.75 Å². The molecule has 4 rings (SSSR count). The average molecular weight is 443 g/mol. The van der Waals surface area contributed by atoms with Gasteiger partial charge >= 0.3 is 11.4 Å². The lowest BCUT2D eigenvalue weighted by atomic mass is 10.0. The summed E-state index contributed by atoms with van der Waals surface area (Å²) in [6, 6.07) is 19.7. The Labute approximate surface area is 181 Å². The third-order valence-electron chi connectivity index (χ3n) is 4.59. The van der Waals surface area contributed by atoms with Crippen molar-refractivity contribution in [2.45, 2.75) is 6.61 Å². The molecule has 0 aliphatic rings. The van der Waals surface area contributed by atoms with E-state index in [1.165, 1.54) is 7.05 Å². The van der Waals surface area contributed by atoms with Gasteiger partial charge in [-0.3, -0.25) is 0 Å². The number of halogens is 2. The van der Waals surface area contributed by atoms with Crippen molar-refractivity contribution in [3.8, 4) is 22.6 Å². The molecule has 0 spiro atoms. The summed E-state index contributed by atoms with van der Waals surface area (Å²) in [5.74, 6) is -0.143. The molecule has 0 bridgehead atoms. The number of hydrogen-bond acceptors (Lipinski definition) is 4. The molecule has 0 aliphatic heterocycles. The summed E-state index contributed by atoms with van der Waals surface area (Å²) in [4.78, 5) is 24.2. The van der Waals surface area contributed by atoms with Gasteiger partial charge in [0.05, 0.1) is 12.7 Å². The fourth-order valence-electron chi connectivity index (χ4n) is 3.10. The lowest BCUT2D eigenvalue weighted by Gasteiger charge is -2.14. The summed E-state index contributed by atoms with van der Waals surface area (Å²) in [5.41, 5.74) is 2.09. The first-order valence-corrected chi connectivity index (χ1v) is 9.76. The highest BCUT2D eigenvalue weighted by atomic mass is 35.5. The maximum atomic E-state index is 12.2. The first-order chi connectivity index (χ1) is 14.5. The van der Waals surface area contributed by atoms with Gasteiger partial charge in [-0.2, -0.15) is 9.31 Å². The number of ether oxygens (including phenoxy) is 1. The molecule has 6 nitrogen and oxygen atoms in total. The standard InChI is InChI=1S/C22H16Cl2N2O4/c1-25-21(27)26(22(28)30-25)15-7-4-6-14(12-15)16-8-2-3-11-20(16)29-13-17-18(23)9-5-10-19(17)24/h2-12H,13H2,1H3. The number of nitrogens with zero attached hydrogens (tertiary/aromatic N) is 2. The summed E-state index contributed by atoms with van der Waals surface area (Å²) in [6.07, 6.45) is 0. The van der Waals surface area contributed by atoms with E-state index < -0.39 is 11.4 Å². The molecule has 0 unspecified atom stereocenters. The van der Waals surface area contributed by atoms with Crippen molar-refractivity contribution in [1.82, 2.24) is 9.31 Å². The molecular weight excluding hydrogens is 427 g/mol. The highest BCUT2D eigenvalue weighted by Crippen LogP contribution is 2.33. The van der Waals surface area contributed by atoms with Gasteiger partial charge in [0.1, 0.15) is 12.4 Å². The van der Waals surface area contributed by atoms with E-state index in [4.69, 9.17) is 32.5 Å². The number of hydrogen-bond donors (Lipinski definition) is 0. The van der Waals surface area contributed by atoms with Crippen molar-refractivity contribution in [3.05, 3.63) is 103 Å². The molecule has 8 heteroatoms. The van der Waals surface area contributed by atoms with E-state index in [0.717, 1.165) is 20.4 Å². The Bertz CT molecular complexity index is 1320. The van der Waals surface area contributed by atoms with Crippen LogP contribution in [0, 0.1) is 0 Å². The van der Waals surface area contributed by atoms with Crippen LogP contribution in [-0.4, -0.2) is 9.31 Å². The van der Waals surface area contributed by atoms with Crippen LogP contribution in [0.1, 0.15) is 5.56 Å². The maximum absolute atomic E-state index is 12.2. The van der Waals surface area contributed by atoms with Crippen molar-refractivity contribution in [2.75, 3.05) is 0 Å². The Morgan fingerprint density at radius 3 is 2.33 bits per heavy atom. The van der Waals surface area contributed by atoms with E-state index in [1.807, 2.05) is 30.3 Å². The molecule has 0 atom stereocenters. The lowest BCUT2D eigenvalue weighted by Crippen LogP contribution is -2.26. The molecule has 0 fully saturated rings. The van der Waals surface area contributed by atoms with Crippen molar-refractivity contribution >= 4 is 23.2 Å². The molecule has 3 aromatic carbocycles. The molecule has 0 aliphatic carbocycles.